The van der Waals surface area contributed by atoms with Crippen LogP contribution in [0.15, 0.2) is 18.2 Å². The minimum Gasteiger partial charge on any atom is -0.288 e. The summed E-state index contributed by atoms with van der Waals surface area (Å²) in [5, 5.41) is 0. The van der Waals surface area contributed by atoms with Gasteiger partial charge in [0.25, 0.3) is 0 Å². The highest BCUT2D eigenvalue weighted by molar-refractivity contribution is 7.12. The van der Waals surface area contributed by atoms with Crippen LogP contribution in [-0.2, 0) is 0 Å². The van der Waals surface area contributed by atoms with E-state index in [1.807, 2.05) is 0 Å². The Bertz CT molecular complexity index is 325. The fourth-order valence-electron chi connectivity index (χ4n) is 1.18. The van der Waals surface area contributed by atoms with Crippen molar-refractivity contribution in [3.63, 3.8) is 0 Å². The molecular weight excluding hydrogens is 170 g/mol. The number of ketones is 1. The first kappa shape index (κ1) is 7.68. The van der Waals surface area contributed by atoms with Crippen LogP contribution in [0.25, 0.3) is 0 Å². The van der Waals surface area contributed by atoms with Gasteiger partial charge in [0.05, 0.1) is 16.1 Å². The first-order valence-corrected chi connectivity index (χ1v) is 4.81. The zero-order chi connectivity index (χ0) is 8.55. The molecule has 12 heavy (non-hydrogen) atoms. The van der Waals surface area contributed by atoms with Gasteiger partial charge in [-0.2, -0.15) is 0 Å². The summed E-state index contributed by atoms with van der Waals surface area (Å²) in [4.78, 5) is 16.3. The molecule has 1 aliphatic carbocycles. The summed E-state index contributed by atoms with van der Waals surface area (Å²) in [6.07, 6.45) is 3.72. The van der Waals surface area contributed by atoms with E-state index in [0.717, 1.165) is 10.6 Å². The van der Waals surface area contributed by atoms with Crippen molar-refractivity contribution in [2.24, 2.45) is 0 Å². The highest BCUT2D eigenvalue weighted by Gasteiger charge is 2.29. The molecule has 1 fully saturated rings. The van der Waals surface area contributed by atoms with E-state index >= 15 is 0 Å². The van der Waals surface area contributed by atoms with Crippen molar-refractivity contribution in [1.82, 2.24) is 4.98 Å². The Kier molecular flexibility index (Phi) is 1.81. The Morgan fingerprint density at radius 1 is 1.75 bits per heavy atom. The van der Waals surface area contributed by atoms with Crippen molar-refractivity contribution >= 4 is 17.1 Å². The lowest BCUT2D eigenvalue weighted by molar-refractivity contribution is 0.105. The van der Waals surface area contributed by atoms with Gasteiger partial charge in [0, 0.05) is 5.92 Å². The second-order valence-electron chi connectivity index (χ2n) is 2.91. The molecule has 0 aromatic carbocycles. The van der Waals surface area contributed by atoms with E-state index in [1.165, 1.54) is 30.3 Å². The molecule has 0 N–H and O–H groups in total. The SMILES string of the molecule is C=CC(=O)c1scnc1C1CC1. The smallest absolute Gasteiger partial charge is 0.197 e. The van der Waals surface area contributed by atoms with Gasteiger partial charge in [-0.15, -0.1) is 11.3 Å². The molecule has 1 saturated carbocycles. The van der Waals surface area contributed by atoms with E-state index < -0.39 is 0 Å². The summed E-state index contributed by atoms with van der Waals surface area (Å²) in [5.74, 6) is 0.564. The quantitative estimate of drug-likeness (QED) is 0.526. The maximum atomic E-state index is 11.3. The minimum atomic E-state index is 0.0133. The number of thiazole rings is 1. The topological polar surface area (TPSA) is 30.0 Å². The number of rotatable bonds is 3. The van der Waals surface area contributed by atoms with Crippen molar-refractivity contribution in [1.29, 1.82) is 0 Å². The lowest BCUT2D eigenvalue weighted by Crippen LogP contribution is -1.94. The second-order valence-corrected chi connectivity index (χ2v) is 3.76. The Labute approximate surface area is 74.9 Å². The number of nitrogens with zero attached hydrogens (tertiary/aromatic N) is 1. The first-order valence-electron chi connectivity index (χ1n) is 3.93. The maximum absolute atomic E-state index is 11.3. The van der Waals surface area contributed by atoms with Gasteiger partial charge in [0.15, 0.2) is 5.78 Å². The number of aromatic nitrogens is 1. The average molecular weight is 179 g/mol. The third kappa shape index (κ3) is 1.20. The van der Waals surface area contributed by atoms with Gasteiger partial charge < -0.3 is 0 Å². The summed E-state index contributed by atoms with van der Waals surface area (Å²) in [5.41, 5.74) is 2.73. The summed E-state index contributed by atoms with van der Waals surface area (Å²) < 4.78 is 0. The number of carbonyl (C=O) groups excluding carboxylic acids is 1. The highest BCUT2D eigenvalue weighted by atomic mass is 32.1. The molecule has 3 heteroatoms. The van der Waals surface area contributed by atoms with Crippen molar-refractivity contribution in [3.8, 4) is 0 Å². The van der Waals surface area contributed by atoms with E-state index in [0.29, 0.717) is 5.92 Å². The van der Waals surface area contributed by atoms with Crippen LogP contribution in [-0.4, -0.2) is 10.8 Å². The molecule has 2 nitrogen and oxygen atoms in total. The molecular formula is C9H9NOS. The molecule has 0 spiro atoms. The molecule has 1 aliphatic rings. The summed E-state index contributed by atoms with van der Waals surface area (Å²) in [6, 6.07) is 0. The Hall–Kier alpha value is -0.960. The third-order valence-corrected chi connectivity index (χ3v) is 2.83. The predicted octanol–water partition coefficient (Wildman–Crippen LogP) is 2.39. The Morgan fingerprint density at radius 3 is 3.08 bits per heavy atom. The summed E-state index contributed by atoms with van der Waals surface area (Å²) in [6.45, 7) is 3.47. The van der Waals surface area contributed by atoms with E-state index in [9.17, 15) is 4.79 Å². The molecule has 0 unspecified atom stereocenters. The van der Waals surface area contributed by atoms with Crippen LogP contribution in [0.5, 0.6) is 0 Å². The average Bonchev–Trinajstić information content (AvgIpc) is 2.83. The molecule has 0 atom stereocenters. The van der Waals surface area contributed by atoms with Gasteiger partial charge in [0.2, 0.25) is 0 Å². The lowest BCUT2D eigenvalue weighted by atomic mass is 10.2. The van der Waals surface area contributed by atoms with Crippen LogP contribution in [0, 0.1) is 0 Å². The normalized spacial score (nSPS) is 16.0. The number of hydrogen-bond acceptors (Lipinski definition) is 3. The fourth-order valence-corrected chi connectivity index (χ4v) is 1.99. The zero-order valence-electron chi connectivity index (χ0n) is 6.62. The molecule has 0 amide bonds. The van der Waals surface area contributed by atoms with E-state index in [2.05, 4.69) is 11.6 Å². The van der Waals surface area contributed by atoms with Gasteiger partial charge in [0.1, 0.15) is 0 Å². The van der Waals surface area contributed by atoms with Crippen molar-refractivity contribution < 1.29 is 4.79 Å². The van der Waals surface area contributed by atoms with Gasteiger partial charge in [-0.25, -0.2) is 4.98 Å². The van der Waals surface area contributed by atoms with Crippen molar-refractivity contribution in [2.75, 3.05) is 0 Å². The standard InChI is InChI=1S/C9H9NOS/c1-2-7(11)9-8(6-3-4-6)10-5-12-9/h2,5-6H,1,3-4H2. The molecule has 0 bridgehead atoms. The number of carbonyl (C=O) groups is 1. The van der Waals surface area contributed by atoms with Crippen LogP contribution in [0.4, 0.5) is 0 Å². The Morgan fingerprint density at radius 2 is 2.50 bits per heavy atom. The van der Waals surface area contributed by atoms with Crippen LogP contribution in [0.2, 0.25) is 0 Å². The lowest BCUT2D eigenvalue weighted by Gasteiger charge is -1.93. The monoisotopic (exact) mass is 179 g/mol. The zero-order valence-corrected chi connectivity index (χ0v) is 7.43. The largest absolute Gasteiger partial charge is 0.288 e. The molecule has 2 rings (SSSR count). The van der Waals surface area contributed by atoms with Crippen LogP contribution in [0.3, 0.4) is 0 Å². The van der Waals surface area contributed by atoms with E-state index in [4.69, 9.17) is 0 Å². The number of allylic oxidation sites excluding steroid dienone is 1. The number of hydrogen-bond donors (Lipinski definition) is 0. The minimum absolute atomic E-state index is 0.0133. The van der Waals surface area contributed by atoms with Crippen molar-refractivity contribution in [2.45, 2.75) is 18.8 Å². The second kappa shape index (κ2) is 2.83. The van der Waals surface area contributed by atoms with Gasteiger partial charge >= 0.3 is 0 Å². The van der Waals surface area contributed by atoms with Gasteiger partial charge in [-0.3, -0.25) is 4.79 Å². The van der Waals surface area contributed by atoms with Gasteiger partial charge in [-0.05, 0) is 18.9 Å². The summed E-state index contributed by atoms with van der Waals surface area (Å²) >= 11 is 1.42. The molecule has 0 aliphatic heterocycles. The molecule has 1 aromatic rings. The van der Waals surface area contributed by atoms with Crippen LogP contribution >= 0.6 is 11.3 Å². The molecule has 0 radical (unpaired) electrons. The molecule has 1 aromatic heterocycles. The Balaban J connectivity index is 2.35. The predicted molar refractivity (Wildman–Crippen MR) is 48.6 cm³/mol. The first-order chi connectivity index (χ1) is 5.83. The maximum Gasteiger partial charge on any atom is 0.197 e. The van der Waals surface area contributed by atoms with Gasteiger partial charge in [-0.1, -0.05) is 6.58 Å². The van der Waals surface area contributed by atoms with Crippen LogP contribution in [0.1, 0.15) is 34.1 Å². The van der Waals surface area contributed by atoms with E-state index in [-0.39, 0.29) is 5.78 Å². The molecule has 62 valence electrons. The molecule has 0 saturated heterocycles. The summed E-state index contributed by atoms with van der Waals surface area (Å²) in [7, 11) is 0. The van der Waals surface area contributed by atoms with E-state index in [1.54, 1.807) is 5.51 Å². The highest BCUT2D eigenvalue weighted by Crippen LogP contribution is 2.41. The van der Waals surface area contributed by atoms with Crippen molar-refractivity contribution in [3.05, 3.63) is 28.7 Å². The van der Waals surface area contributed by atoms with Crippen LogP contribution < -0.4 is 0 Å². The fraction of sp³-hybridized carbons (Fsp3) is 0.333. The molecule has 1 heterocycles. The third-order valence-electron chi connectivity index (χ3n) is 1.97.